The van der Waals surface area contributed by atoms with Crippen LogP contribution in [0.3, 0.4) is 0 Å². The van der Waals surface area contributed by atoms with E-state index in [1.165, 1.54) is 0 Å². The molecule has 0 bridgehead atoms. The zero-order valence-corrected chi connectivity index (χ0v) is 11.3. The molecule has 3 nitrogen and oxygen atoms in total. The van der Waals surface area contributed by atoms with E-state index in [0.29, 0.717) is 13.2 Å². The highest BCUT2D eigenvalue weighted by Crippen LogP contribution is 2.23. The standard InChI is InChI=1S/C12H18BrNO2/c1-3-16-8-11(14)7-9-6-10(13)4-5-12(9)15-2/h4-6,11H,3,7-8,14H2,1-2H3. The smallest absolute Gasteiger partial charge is 0.122 e. The van der Waals surface area contributed by atoms with Gasteiger partial charge in [0.15, 0.2) is 0 Å². The maximum atomic E-state index is 5.97. The van der Waals surface area contributed by atoms with Gasteiger partial charge in [0, 0.05) is 17.1 Å². The van der Waals surface area contributed by atoms with E-state index in [1.54, 1.807) is 7.11 Å². The van der Waals surface area contributed by atoms with Gasteiger partial charge in [-0.1, -0.05) is 15.9 Å². The molecule has 1 rings (SSSR count). The maximum Gasteiger partial charge on any atom is 0.122 e. The van der Waals surface area contributed by atoms with Crippen LogP contribution in [0.15, 0.2) is 22.7 Å². The number of hydrogen-bond donors (Lipinski definition) is 1. The molecule has 0 aromatic heterocycles. The van der Waals surface area contributed by atoms with Gasteiger partial charge in [0.2, 0.25) is 0 Å². The second kappa shape index (κ2) is 6.89. The van der Waals surface area contributed by atoms with Crippen molar-refractivity contribution >= 4 is 15.9 Å². The van der Waals surface area contributed by atoms with Crippen LogP contribution in [-0.2, 0) is 11.2 Å². The fourth-order valence-electron chi connectivity index (χ4n) is 1.52. The minimum Gasteiger partial charge on any atom is -0.496 e. The summed E-state index contributed by atoms with van der Waals surface area (Å²) in [7, 11) is 1.67. The van der Waals surface area contributed by atoms with E-state index >= 15 is 0 Å². The Morgan fingerprint density at radius 3 is 2.81 bits per heavy atom. The van der Waals surface area contributed by atoms with Gasteiger partial charge in [0.1, 0.15) is 5.75 Å². The van der Waals surface area contributed by atoms with Gasteiger partial charge in [0.25, 0.3) is 0 Å². The molecule has 0 saturated carbocycles. The number of ether oxygens (including phenoxy) is 2. The third kappa shape index (κ3) is 4.12. The van der Waals surface area contributed by atoms with Crippen molar-refractivity contribution in [3.8, 4) is 5.75 Å². The molecule has 0 saturated heterocycles. The molecule has 0 heterocycles. The average Bonchev–Trinajstić information content (AvgIpc) is 2.27. The van der Waals surface area contributed by atoms with E-state index in [0.717, 1.165) is 22.2 Å². The summed E-state index contributed by atoms with van der Waals surface area (Å²) in [5.41, 5.74) is 7.07. The van der Waals surface area contributed by atoms with Crippen molar-refractivity contribution in [1.82, 2.24) is 0 Å². The van der Waals surface area contributed by atoms with Crippen LogP contribution in [0.1, 0.15) is 12.5 Å². The minimum atomic E-state index is 0.00292. The number of nitrogens with two attached hydrogens (primary N) is 1. The molecule has 0 aliphatic carbocycles. The fourth-order valence-corrected chi connectivity index (χ4v) is 1.93. The first-order valence-corrected chi connectivity index (χ1v) is 6.12. The highest BCUT2D eigenvalue weighted by Gasteiger charge is 2.09. The molecule has 0 radical (unpaired) electrons. The van der Waals surface area contributed by atoms with E-state index in [4.69, 9.17) is 15.2 Å². The summed E-state index contributed by atoms with van der Waals surface area (Å²) >= 11 is 3.44. The summed E-state index contributed by atoms with van der Waals surface area (Å²) in [6.45, 7) is 3.24. The molecule has 16 heavy (non-hydrogen) atoms. The first-order chi connectivity index (χ1) is 7.67. The van der Waals surface area contributed by atoms with E-state index in [-0.39, 0.29) is 6.04 Å². The van der Waals surface area contributed by atoms with Crippen molar-refractivity contribution in [2.45, 2.75) is 19.4 Å². The summed E-state index contributed by atoms with van der Waals surface area (Å²) in [6.07, 6.45) is 0.753. The topological polar surface area (TPSA) is 44.5 Å². The van der Waals surface area contributed by atoms with Crippen molar-refractivity contribution in [1.29, 1.82) is 0 Å². The lowest BCUT2D eigenvalue weighted by Gasteiger charge is -2.14. The van der Waals surface area contributed by atoms with Crippen LogP contribution >= 0.6 is 15.9 Å². The number of rotatable bonds is 6. The van der Waals surface area contributed by atoms with Crippen LogP contribution in [0.2, 0.25) is 0 Å². The van der Waals surface area contributed by atoms with E-state index in [2.05, 4.69) is 15.9 Å². The number of benzene rings is 1. The monoisotopic (exact) mass is 287 g/mol. The molecular weight excluding hydrogens is 270 g/mol. The molecule has 0 fully saturated rings. The lowest BCUT2D eigenvalue weighted by molar-refractivity contribution is 0.133. The van der Waals surface area contributed by atoms with Crippen LogP contribution in [0, 0.1) is 0 Å². The normalized spacial score (nSPS) is 12.5. The Hall–Kier alpha value is -0.580. The summed E-state index contributed by atoms with van der Waals surface area (Å²) < 4.78 is 11.6. The van der Waals surface area contributed by atoms with Crippen LogP contribution in [0.4, 0.5) is 0 Å². The van der Waals surface area contributed by atoms with Crippen LogP contribution in [0.25, 0.3) is 0 Å². The molecule has 90 valence electrons. The average molecular weight is 288 g/mol. The van der Waals surface area contributed by atoms with Gasteiger partial charge in [-0.05, 0) is 37.1 Å². The summed E-state index contributed by atoms with van der Waals surface area (Å²) in [6, 6.07) is 5.93. The lowest BCUT2D eigenvalue weighted by Crippen LogP contribution is -2.28. The Morgan fingerprint density at radius 2 is 2.19 bits per heavy atom. The predicted molar refractivity (Wildman–Crippen MR) is 68.9 cm³/mol. The maximum absolute atomic E-state index is 5.97. The third-order valence-electron chi connectivity index (χ3n) is 2.26. The van der Waals surface area contributed by atoms with Crippen LogP contribution in [0.5, 0.6) is 5.75 Å². The summed E-state index contributed by atoms with van der Waals surface area (Å²) in [5.74, 6) is 0.871. The number of hydrogen-bond acceptors (Lipinski definition) is 3. The zero-order valence-electron chi connectivity index (χ0n) is 9.70. The van der Waals surface area contributed by atoms with E-state index in [9.17, 15) is 0 Å². The molecule has 1 unspecified atom stereocenters. The molecule has 0 aliphatic heterocycles. The van der Waals surface area contributed by atoms with Crippen molar-refractivity contribution in [2.75, 3.05) is 20.3 Å². The van der Waals surface area contributed by atoms with Gasteiger partial charge in [-0.25, -0.2) is 0 Å². The molecule has 2 N–H and O–H groups in total. The Bertz CT molecular complexity index is 331. The van der Waals surface area contributed by atoms with Gasteiger partial charge in [-0.3, -0.25) is 0 Å². The fraction of sp³-hybridized carbons (Fsp3) is 0.500. The number of methoxy groups -OCH3 is 1. The summed E-state index contributed by atoms with van der Waals surface area (Å²) in [4.78, 5) is 0. The molecular formula is C12H18BrNO2. The molecule has 1 aromatic rings. The Labute approximate surface area is 105 Å². The van der Waals surface area contributed by atoms with Crippen LogP contribution < -0.4 is 10.5 Å². The summed E-state index contributed by atoms with van der Waals surface area (Å²) in [5, 5.41) is 0. The Balaban J connectivity index is 2.67. The second-order valence-electron chi connectivity index (χ2n) is 3.58. The van der Waals surface area contributed by atoms with Gasteiger partial charge in [-0.15, -0.1) is 0 Å². The SMILES string of the molecule is CCOCC(N)Cc1cc(Br)ccc1OC. The van der Waals surface area contributed by atoms with Crippen molar-refractivity contribution < 1.29 is 9.47 Å². The highest BCUT2D eigenvalue weighted by molar-refractivity contribution is 9.10. The van der Waals surface area contributed by atoms with E-state index in [1.807, 2.05) is 25.1 Å². The molecule has 0 aliphatic rings. The quantitative estimate of drug-likeness (QED) is 0.874. The van der Waals surface area contributed by atoms with E-state index < -0.39 is 0 Å². The molecule has 0 spiro atoms. The van der Waals surface area contributed by atoms with Gasteiger partial charge in [0.05, 0.1) is 13.7 Å². The van der Waals surface area contributed by atoms with Crippen molar-refractivity contribution in [2.24, 2.45) is 5.73 Å². The van der Waals surface area contributed by atoms with Crippen molar-refractivity contribution in [3.05, 3.63) is 28.2 Å². The Morgan fingerprint density at radius 1 is 1.44 bits per heavy atom. The van der Waals surface area contributed by atoms with Crippen LogP contribution in [-0.4, -0.2) is 26.4 Å². The molecule has 1 atom stereocenters. The van der Waals surface area contributed by atoms with Crippen molar-refractivity contribution in [3.63, 3.8) is 0 Å². The van der Waals surface area contributed by atoms with Gasteiger partial charge in [-0.2, -0.15) is 0 Å². The predicted octanol–water partition coefficient (Wildman–Crippen LogP) is 2.36. The zero-order chi connectivity index (χ0) is 12.0. The molecule has 0 amide bonds. The Kier molecular flexibility index (Phi) is 5.80. The lowest BCUT2D eigenvalue weighted by atomic mass is 10.1. The largest absolute Gasteiger partial charge is 0.496 e. The molecule has 4 heteroatoms. The minimum absolute atomic E-state index is 0.00292. The first-order valence-electron chi connectivity index (χ1n) is 5.33. The first kappa shape index (κ1) is 13.5. The number of halogens is 1. The third-order valence-corrected chi connectivity index (χ3v) is 2.75. The highest BCUT2D eigenvalue weighted by atomic mass is 79.9. The van der Waals surface area contributed by atoms with Gasteiger partial charge >= 0.3 is 0 Å². The molecule has 1 aromatic carbocycles. The van der Waals surface area contributed by atoms with Gasteiger partial charge < -0.3 is 15.2 Å². The second-order valence-corrected chi connectivity index (χ2v) is 4.50.